The van der Waals surface area contributed by atoms with Crippen LogP contribution in [0.5, 0.6) is 0 Å². The largest absolute Gasteiger partial charge is 0.465 e. The molecule has 2 saturated heterocycles. The van der Waals surface area contributed by atoms with Gasteiger partial charge in [0, 0.05) is 18.6 Å². The second kappa shape index (κ2) is 8.61. The molecule has 1 N–H and O–H groups in total. The SMILES string of the molecule is COC(=O)c1ccc(C(=O)N[C@@H]2CC[C@]3(CO3)[C@@H]([C@]3(C)O[C@@H]3CC=C(C)C)[C@@H]2OC)cc1. The molecule has 1 saturated carbocycles. The van der Waals surface area contributed by atoms with Crippen LogP contribution in [-0.2, 0) is 18.9 Å². The molecule has 1 amide bonds. The summed E-state index contributed by atoms with van der Waals surface area (Å²) in [5.41, 5.74) is 1.61. The van der Waals surface area contributed by atoms with Gasteiger partial charge < -0.3 is 24.3 Å². The van der Waals surface area contributed by atoms with Crippen LogP contribution in [0.15, 0.2) is 35.9 Å². The highest BCUT2D eigenvalue weighted by molar-refractivity contribution is 5.96. The Balaban J connectivity index is 1.49. The van der Waals surface area contributed by atoms with Crippen molar-refractivity contribution in [2.75, 3.05) is 20.8 Å². The van der Waals surface area contributed by atoms with Crippen molar-refractivity contribution < 1.29 is 28.5 Å². The Bertz CT molecular complexity index is 902. The summed E-state index contributed by atoms with van der Waals surface area (Å²) in [4.78, 5) is 24.6. The van der Waals surface area contributed by atoms with E-state index in [-0.39, 0.29) is 41.3 Å². The lowest BCUT2D eigenvalue weighted by Crippen LogP contribution is -2.59. The Morgan fingerprint density at radius 1 is 1.19 bits per heavy atom. The van der Waals surface area contributed by atoms with Crippen molar-refractivity contribution in [2.24, 2.45) is 5.92 Å². The predicted molar refractivity (Wildman–Crippen MR) is 119 cm³/mol. The highest BCUT2D eigenvalue weighted by Gasteiger charge is 2.71. The molecule has 3 fully saturated rings. The molecule has 2 heterocycles. The van der Waals surface area contributed by atoms with Gasteiger partial charge in [0.05, 0.1) is 43.1 Å². The van der Waals surface area contributed by atoms with Gasteiger partial charge in [-0.25, -0.2) is 4.79 Å². The first-order chi connectivity index (χ1) is 15.2. The van der Waals surface area contributed by atoms with Crippen LogP contribution >= 0.6 is 0 Å². The van der Waals surface area contributed by atoms with Crippen molar-refractivity contribution in [3.05, 3.63) is 47.0 Å². The van der Waals surface area contributed by atoms with E-state index < -0.39 is 5.97 Å². The highest BCUT2D eigenvalue weighted by Crippen LogP contribution is 2.59. The molecule has 1 aromatic carbocycles. The van der Waals surface area contributed by atoms with Crippen LogP contribution in [0.3, 0.4) is 0 Å². The first kappa shape index (κ1) is 23.0. The number of methoxy groups -OCH3 is 2. The van der Waals surface area contributed by atoms with Crippen LogP contribution in [0, 0.1) is 5.92 Å². The lowest BCUT2D eigenvalue weighted by atomic mass is 9.67. The molecular weight excluding hydrogens is 410 g/mol. The molecule has 0 bridgehead atoms. The molecule has 2 aliphatic heterocycles. The van der Waals surface area contributed by atoms with E-state index in [2.05, 4.69) is 32.2 Å². The summed E-state index contributed by atoms with van der Waals surface area (Å²) < 4.78 is 22.9. The van der Waals surface area contributed by atoms with Crippen LogP contribution < -0.4 is 5.32 Å². The number of epoxide rings is 2. The lowest BCUT2D eigenvalue weighted by Gasteiger charge is -2.43. The lowest BCUT2D eigenvalue weighted by molar-refractivity contribution is -0.0660. The molecule has 6 atom stereocenters. The van der Waals surface area contributed by atoms with Gasteiger partial charge in [0.15, 0.2) is 0 Å². The van der Waals surface area contributed by atoms with Gasteiger partial charge in [-0.2, -0.15) is 0 Å². The number of rotatable bonds is 7. The molecule has 4 rings (SSSR count). The summed E-state index contributed by atoms with van der Waals surface area (Å²) in [5.74, 6) is -0.583. The molecule has 3 aliphatic rings. The standard InChI is InChI=1S/C25H33NO6/c1-15(2)6-11-19-24(3,32-19)21-20(29-4)18(12-13-25(21)14-31-25)26-22(27)16-7-9-17(10-8-16)23(28)30-5/h6-10,18-21H,11-14H2,1-5H3,(H,26,27)/t18-,19-,20-,21-,24-,25+/m1/s1. The average Bonchev–Trinajstić information content (AvgIpc) is 3.70. The number of nitrogens with one attached hydrogen (secondary N) is 1. The van der Waals surface area contributed by atoms with Crippen LogP contribution in [-0.4, -0.2) is 62.2 Å². The highest BCUT2D eigenvalue weighted by atomic mass is 16.6. The third kappa shape index (κ3) is 4.21. The number of amides is 1. The van der Waals surface area contributed by atoms with E-state index in [4.69, 9.17) is 18.9 Å². The van der Waals surface area contributed by atoms with Crippen molar-refractivity contribution in [2.45, 2.75) is 69.5 Å². The maximum Gasteiger partial charge on any atom is 0.337 e. The molecule has 1 aromatic rings. The molecule has 0 radical (unpaired) electrons. The fourth-order valence-electron chi connectivity index (χ4n) is 5.27. The zero-order valence-corrected chi connectivity index (χ0v) is 19.5. The van der Waals surface area contributed by atoms with Crippen LogP contribution in [0.4, 0.5) is 0 Å². The van der Waals surface area contributed by atoms with E-state index in [9.17, 15) is 9.59 Å². The van der Waals surface area contributed by atoms with E-state index in [1.165, 1.54) is 12.7 Å². The molecule has 1 aliphatic carbocycles. The van der Waals surface area contributed by atoms with Crippen molar-refractivity contribution in [3.63, 3.8) is 0 Å². The summed E-state index contributed by atoms with van der Waals surface area (Å²) >= 11 is 0. The summed E-state index contributed by atoms with van der Waals surface area (Å²) in [6, 6.07) is 6.31. The van der Waals surface area contributed by atoms with Gasteiger partial charge in [-0.05, 0) is 64.3 Å². The topological polar surface area (TPSA) is 89.7 Å². The number of ether oxygens (including phenoxy) is 4. The minimum atomic E-state index is -0.429. The van der Waals surface area contributed by atoms with Gasteiger partial charge in [-0.15, -0.1) is 0 Å². The Morgan fingerprint density at radius 3 is 2.41 bits per heavy atom. The summed E-state index contributed by atoms with van der Waals surface area (Å²) in [6.07, 6.45) is 4.62. The molecule has 7 heteroatoms. The number of allylic oxidation sites excluding steroid dienone is 1. The summed E-state index contributed by atoms with van der Waals surface area (Å²) in [5, 5.41) is 3.16. The zero-order chi connectivity index (χ0) is 23.1. The monoisotopic (exact) mass is 443 g/mol. The van der Waals surface area contributed by atoms with E-state index in [0.29, 0.717) is 17.7 Å². The van der Waals surface area contributed by atoms with Crippen LogP contribution in [0.1, 0.15) is 60.7 Å². The van der Waals surface area contributed by atoms with E-state index in [1.807, 2.05) is 0 Å². The number of hydrogen-bond donors (Lipinski definition) is 1. The van der Waals surface area contributed by atoms with E-state index >= 15 is 0 Å². The molecule has 174 valence electrons. The molecule has 0 unspecified atom stereocenters. The van der Waals surface area contributed by atoms with Crippen molar-refractivity contribution in [1.29, 1.82) is 0 Å². The third-order valence-corrected chi connectivity index (χ3v) is 7.18. The van der Waals surface area contributed by atoms with Gasteiger partial charge in [-0.1, -0.05) is 11.6 Å². The van der Waals surface area contributed by atoms with Crippen molar-refractivity contribution in [1.82, 2.24) is 5.32 Å². The number of hydrogen-bond acceptors (Lipinski definition) is 6. The first-order valence-electron chi connectivity index (χ1n) is 11.2. The number of benzene rings is 1. The van der Waals surface area contributed by atoms with E-state index in [0.717, 1.165) is 19.3 Å². The maximum atomic E-state index is 13.0. The fraction of sp³-hybridized carbons (Fsp3) is 0.600. The first-order valence-corrected chi connectivity index (χ1v) is 11.2. The Morgan fingerprint density at radius 2 is 1.84 bits per heavy atom. The maximum absolute atomic E-state index is 13.0. The average molecular weight is 444 g/mol. The third-order valence-electron chi connectivity index (χ3n) is 7.18. The quantitative estimate of drug-likeness (QED) is 0.395. The Hall–Kier alpha value is -2.22. The Kier molecular flexibility index (Phi) is 6.18. The zero-order valence-electron chi connectivity index (χ0n) is 19.5. The number of carbonyl (C=O) groups is 2. The van der Waals surface area contributed by atoms with Crippen LogP contribution in [0.2, 0.25) is 0 Å². The van der Waals surface area contributed by atoms with Crippen molar-refractivity contribution >= 4 is 11.9 Å². The van der Waals surface area contributed by atoms with Gasteiger partial charge in [0.2, 0.25) is 0 Å². The molecule has 7 nitrogen and oxygen atoms in total. The minimum absolute atomic E-state index is 0.0383. The van der Waals surface area contributed by atoms with Crippen molar-refractivity contribution in [3.8, 4) is 0 Å². The van der Waals surface area contributed by atoms with Gasteiger partial charge in [-0.3, -0.25) is 4.79 Å². The molecule has 32 heavy (non-hydrogen) atoms. The fourth-order valence-corrected chi connectivity index (χ4v) is 5.27. The molecule has 0 aromatic heterocycles. The second-order valence-electron chi connectivity index (χ2n) is 9.53. The smallest absolute Gasteiger partial charge is 0.337 e. The second-order valence-corrected chi connectivity index (χ2v) is 9.53. The van der Waals surface area contributed by atoms with Crippen LogP contribution in [0.25, 0.3) is 0 Å². The van der Waals surface area contributed by atoms with Gasteiger partial charge in [0.1, 0.15) is 5.60 Å². The van der Waals surface area contributed by atoms with Gasteiger partial charge >= 0.3 is 5.97 Å². The Labute approximate surface area is 189 Å². The normalized spacial score (nSPS) is 35.2. The molecule has 1 spiro atoms. The summed E-state index contributed by atoms with van der Waals surface area (Å²) in [6.45, 7) is 7.04. The molecular formula is C25H33NO6. The minimum Gasteiger partial charge on any atom is -0.465 e. The summed E-state index contributed by atoms with van der Waals surface area (Å²) in [7, 11) is 3.03. The van der Waals surface area contributed by atoms with Gasteiger partial charge in [0.25, 0.3) is 5.91 Å². The van der Waals surface area contributed by atoms with E-state index in [1.54, 1.807) is 31.4 Å². The number of esters is 1. The number of carbonyl (C=O) groups excluding carboxylic acids is 2. The predicted octanol–water partition coefficient (Wildman–Crippen LogP) is 3.28.